The van der Waals surface area contributed by atoms with Crippen LogP contribution >= 0.6 is 0 Å². The third kappa shape index (κ3) is 4.41. The summed E-state index contributed by atoms with van der Waals surface area (Å²) in [5.74, 6) is -0.169. The smallest absolute Gasteiger partial charge is 0.410 e. The molecule has 0 spiro atoms. The number of rotatable bonds is 4. The number of nitrogens with zero attached hydrogens (tertiary/aromatic N) is 1. The molecule has 3 rings (SSSR count). The number of carbonyl (C=O) groups excluding carboxylic acids is 2. The summed E-state index contributed by atoms with van der Waals surface area (Å²) in [6, 6.07) is 16.6. The van der Waals surface area contributed by atoms with Gasteiger partial charge in [0.05, 0.1) is 0 Å². The van der Waals surface area contributed by atoms with Gasteiger partial charge < -0.3 is 10.1 Å². The lowest BCUT2D eigenvalue weighted by Crippen LogP contribution is -2.43. The van der Waals surface area contributed by atoms with Crippen LogP contribution in [0.5, 0.6) is 0 Å². The molecule has 0 bridgehead atoms. The van der Waals surface area contributed by atoms with E-state index < -0.39 is 12.1 Å². The van der Waals surface area contributed by atoms with Crippen molar-refractivity contribution in [2.45, 2.75) is 25.5 Å². The molecule has 1 unspecified atom stereocenters. The van der Waals surface area contributed by atoms with Crippen LogP contribution in [0.4, 0.5) is 10.5 Å². The second-order valence-electron chi connectivity index (χ2n) is 6.25. The first-order chi connectivity index (χ1) is 12.1. The molecule has 2 amide bonds. The minimum absolute atomic E-state index is 0.169. The third-order valence-corrected chi connectivity index (χ3v) is 4.31. The number of likely N-dealkylation sites (tertiary alicyclic amines) is 1. The van der Waals surface area contributed by atoms with E-state index in [1.807, 2.05) is 62.4 Å². The van der Waals surface area contributed by atoms with Crippen LogP contribution in [0.15, 0.2) is 54.6 Å². The summed E-state index contributed by atoms with van der Waals surface area (Å²) in [4.78, 5) is 26.4. The highest BCUT2D eigenvalue weighted by Gasteiger charge is 2.35. The van der Waals surface area contributed by atoms with E-state index in [1.54, 1.807) is 0 Å². The van der Waals surface area contributed by atoms with E-state index in [0.717, 1.165) is 23.1 Å². The molecule has 1 aliphatic heterocycles. The molecule has 0 saturated carbocycles. The normalized spacial score (nSPS) is 16.5. The summed E-state index contributed by atoms with van der Waals surface area (Å²) in [6.45, 7) is 0.752. The summed E-state index contributed by atoms with van der Waals surface area (Å²) in [5, 5.41) is 2.88. The Labute approximate surface area is 148 Å². The fourth-order valence-electron chi connectivity index (χ4n) is 2.92. The maximum absolute atomic E-state index is 12.5. The summed E-state index contributed by atoms with van der Waals surface area (Å²) < 4.78 is 5.37. The Morgan fingerprint density at radius 3 is 2.56 bits per heavy atom. The van der Waals surface area contributed by atoms with Crippen molar-refractivity contribution in [1.82, 2.24) is 4.90 Å². The second kappa shape index (κ2) is 7.88. The lowest BCUT2D eigenvalue weighted by Gasteiger charge is -2.23. The van der Waals surface area contributed by atoms with E-state index in [0.29, 0.717) is 13.0 Å². The van der Waals surface area contributed by atoms with Crippen molar-refractivity contribution in [1.29, 1.82) is 0 Å². The Morgan fingerprint density at radius 2 is 1.84 bits per heavy atom. The summed E-state index contributed by atoms with van der Waals surface area (Å²) >= 11 is 0. The van der Waals surface area contributed by atoms with E-state index in [1.165, 1.54) is 4.90 Å². The van der Waals surface area contributed by atoms with E-state index in [4.69, 9.17) is 4.74 Å². The zero-order valence-electron chi connectivity index (χ0n) is 14.3. The average Bonchev–Trinajstić information content (AvgIpc) is 3.12. The number of nitrogens with one attached hydrogen (secondary N) is 1. The number of benzene rings is 2. The van der Waals surface area contributed by atoms with E-state index in [9.17, 15) is 9.59 Å². The number of hydrogen-bond acceptors (Lipinski definition) is 3. The van der Waals surface area contributed by atoms with Crippen LogP contribution in [0.2, 0.25) is 0 Å². The van der Waals surface area contributed by atoms with E-state index in [-0.39, 0.29) is 12.5 Å². The van der Waals surface area contributed by atoms with Gasteiger partial charge in [0.15, 0.2) is 0 Å². The fourth-order valence-corrected chi connectivity index (χ4v) is 2.92. The Morgan fingerprint density at radius 1 is 1.12 bits per heavy atom. The van der Waals surface area contributed by atoms with Crippen molar-refractivity contribution in [3.8, 4) is 0 Å². The number of anilines is 1. The predicted molar refractivity (Wildman–Crippen MR) is 99.6 cm³/mol. The minimum Gasteiger partial charge on any atom is -0.445 e. The van der Waals surface area contributed by atoms with Gasteiger partial charge in [0.1, 0.15) is 20.5 Å². The van der Waals surface area contributed by atoms with Gasteiger partial charge in [-0.1, -0.05) is 47.9 Å². The third-order valence-electron chi connectivity index (χ3n) is 4.31. The molecule has 25 heavy (non-hydrogen) atoms. The number of amides is 2. The summed E-state index contributed by atoms with van der Waals surface area (Å²) in [5.41, 5.74) is 2.79. The molecular formula is C19H21BN2O3. The van der Waals surface area contributed by atoms with Crippen molar-refractivity contribution in [3.63, 3.8) is 0 Å². The molecule has 0 radical (unpaired) electrons. The molecule has 5 nitrogen and oxygen atoms in total. The first-order valence-corrected chi connectivity index (χ1v) is 8.48. The highest BCUT2D eigenvalue weighted by molar-refractivity contribution is 6.32. The Balaban J connectivity index is 1.58. The van der Waals surface area contributed by atoms with Gasteiger partial charge in [0.25, 0.3) is 0 Å². The SMILES string of the molecule is Bc1ccc(NC(=O)C2CCCN2C(=O)OCc2ccccc2)cc1. The van der Waals surface area contributed by atoms with Gasteiger partial charge in [0, 0.05) is 12.2 Å². The maximum Gasteiger partial charge on any atom is 0.410 e. The molecule has 1 saturated heterocycles. The molecule has 1 N–H and O–H groups in total. The first-order valence-electron chi connectivity index (χ1n) is 8.48. The van der Waals surface area contributed by atoms with Crippen LogP contribution in [0.3, 0.4) is 0 Å². The number of hydrogen-bond donors (Lipinski definition) is 1. The molecule has 0 aromatic heterocycles. The Hall–Kier alpha value is -2.76. The molecule has 1 fully saturated rings. The lowest BCUT2D eigenvalue weighted by atomic mass is 9.96. The highest BCUT2D eigenvalue weighted by Crippen LogP contribution is 2.20. The fraction of sp³-hybridized carbons (Fsp3) is 0.263. The molecule has 1 atom stereocenters. The quantitative estimate of drug-likeness (QED) is 0.865. The minimum atomic E-state index is -0.482. The van der Waals surface area contributed by atoms with Crippen LogP contribution in [0.1, 0.15) is 18.4 Å². The monoisotopic (exact) mass is 336 g/mol. The van der Waals surface area contributed by atoms with Gasteiger partial charge in [-0.05, 0) is 30.5 Å². The van der Waals surface area contributed by atoms with E-state index >= 15 is 0 Å². The molecule has 128 valence electrons. The molecule has 2 aromatic rings. The van der Waals surface area contributed by atoms with Crippen LogP contribution in [-0.2, 0) is 16.1 Å². The lowest BCUT2D eigenvalue weighted by molar-refractivity contribution is -0.120. The van der Waals surface area contributed by atoms with Gasteiger partial charge in [0.2, 0.25) is 5.91 Å². The zero-order valence-corrected chi connectivity index (χ0v) is 14.3. The zero-order chi connectivity index (χ0) is 17.6. The topological polar surface area (TPSA) is 58.6 Å². The van der Waals surface area contributed by atoms with Gasteiger partial charge in [-0.2, -0.15) is 0 Å². The predicted octanol–water partition coefficient (Wildman–Crippen LogP) is 1.68. The molecular weight excluding hydrogens is 315 g/mol. The average molecular weight is 336 g/mol. The molecule has 6 heteroatoms. The van der Waals surface area contributed by atoms with Gasteiger partial charge >= 0.3 is 6.09 Å². The molecule has 1 aliphatic rings. The van der Waals surface area contributed by atoms with Crippen molar-refractivity contribution in [2.24, 2.45) is 0 Å². The van der Waals surface area contributed by atoms with Crippen LogP contribution in [-0.4, -0.2) is 37.3 Å². The Bertz CT molecular complexity index is 734. The Kier molecular flexibility index (Phi) is 5.38. The molecule has 1 heterocycles. The van der Waals surface area contributed by atoms with E-state index in [2.05, 4.69) is 5.32 Å². The standard InChI is InChI=1S/C19H21BN2O3/c20-15-8-10-16(11-9-15)21-18(23)17-7-4-12-22(17)19(24)25-13-14-5-2-1-3-6-14/h1-3,5-6,8-11,17H,4,7,12-13,20H2,(H,21,23). The highest BCUT2D eigenvalue weighted by atomic mass is 16.6. The van der Waals surface area contributed by atoms with Crippen molar-refractivity contribution in [3.05, 3.63) is 60.2 Å². The van der Waals surface area contributed by atoms with Crippen molar-refractivity contribution >= 4 is 31.0 Å². The largest absolute Gasteiger partial charge is 0.445 e. The molecule has 2 aromatic carbocycles. The second-order valence-corrected chi connectivity index (χ2v) is 6.25. The van der Waals surface area contributed by atoms with Crippen LogP contribution in [0.25, 0.3) is 0 Å². The maximum atomic E-state index is 12.5. The van der Waals surface area contributed by atoms with Gasteiger partial charge in [-0.25, -0.2) is 4.79 Å². The van der Waals surface area contributed by atoms with Crippen LogP contribution < -0.4 is 10.8 Å². The van der Waals surface area contributed by atoms with Crippen molar-refractivity contribution in [2.75, 3.05) is 11.9 Å². The molecule has 0 aliphatic carbocycles. The summed E-state index contributed by atoms with van der Waals surface area (Å²) in [6.07, 6.45) is 1.01. The van der Waals surface area contributed by atoms with Gasteiger partial charge in [-0.15, -0.1) is 0 Å². The summed E-state index contributed by atoms with van der Waals surface area (Å²) in [7, 11) is 1.99. The number of ether oxygens (including phenoxy) is 1. The first kappa shape index (κ1) is 17.1. The number of carbonyl (C=O) groups is 2. The van der Waals surface area contributed by atoms with Crippen LogP contribution in [0, 0.1) is 0 Å². The van der Waals surface area contributed by atoms with Crippen molar-refractivity contribution < 1.29 is 14.3 Å². The van der Waals surface area contributed by atoms with Gasteiger partial charge in [-0.3, -0.25) is 9.69 Å².